The average Bonchev–Trinajstić information content (AvgIpc) is 2.19. The lowest BCUT2D eigenvalue weighted by atomic mass is 10.4. The van der Waals surface area contributed by atoms with Crippen molar-refractivity contribution in [1.29, 1.82) is 0 Å². The molecule has 1 aliphatic heterocycles. The van der Waals surface area contributed by atoms with Gasteiger partial charge in [0.25, 0.3) is 0 Å². The zero-order chi connectivity index (χ0) is 9.52. The number of hydrogen-bond donors (Lipinski definition) is 1. The topological polar surface area (TPSA) is 50.8 Å². The maximum absolute atomic E-state index is 5.60. The molecule has 0 aromatic rings. The second kappa shape index (κ2) is 5.94. The quantitative estimate of drug-likeness (QED) is 0.498. The zero-order valence-electron chi connectivity index (χ0n) is 8.33. The first-order valence-corrected chi connectivity index (χ1v) is 4.92. The van der Waals surface area contributed by atoms with Crippen LogP contribution >= 0.6 is 0 Å². The summed E-state index contributed by atoms with van der Waals surface area (Å²) in [4.78, 5) is 6.61. The highest BCUT2D eigenvalue weighted by molar-refractivity contribution is 5.79. The zero-order valence-corrected chi connectivity index (χ0v) is 8.33. The van der Waals surface area contributed by atoms with E-state index in [1.165, 1.54) is 0 Å². The number of aliphatic imine (C=N–C) groups is 1. The molecule has 0 saturated carbocycles. The first kappa shape index (κ1) is 10.5. The Morgan fingerprint density at radius 1 is 1.46 bits per heavy atom. The maximum atomic E-state index is 5.60. The molecule has 1 heterocycles. The van der Waals surface area contributed by atoms with Crippen LogP contribution in [0.5, 0.6) is 0 Å². The normalized spacial score (nSPS) is 20.5. The van der Waals surface area contributed by atoms with Gasteiger partial charge in [-0.25, -0.2) is 0 Å². The summed E-state index contributed by atoms with van der Waals surface area (Å²) < 4.78 is 5.25. The number of nitrogens with two attached hydrogens (primary N) is 1. The summed E-state index contributed by atoms with van der Waals surface area (Å²) in [5.41, 5.74) is 5.60. The van der Waals surface area contributed by atoms with Gasteiger partial charge in [0.2, 0.25) is 0 Å². The highest BCUT2D eigenvalue weighted by atomic mass is 16.5. The summed E-state index contributed by atoms with van der Waals surface area (Å²) in [6.45, 7) is 7.61. The summed E-state index contributed by atoms with van der Waals surface area (Å²) in [6.07, 6.45) is 0.850. The summed E-state index contributed by atoms with van der Waals surface area (Å²) in [6, 6.07) is 0. The number of amidine groups is 1. The predicted molar refractivity (Wildman–Crippen MR) is 54.0 cm³/mol. The molecule has 1 fully saturated rings. The lowest BCUT2D eigenvalue weighted by Crippen LogP contribution is -2.37. The van der Waals surface area contributed by atoms with Crippen LogP contribution in [0.4, 0.5) is 0 Å². The number of nitrogens with zero attached hydrogens (tertiary/aromatic N) is 2. The second-order valence-corrected chi connectivity index (χ2v) is 3.18. The van der Waals surface area contributed by atoms with Gasteiger partial charge >= 0.3 is 0 Å². The summed E-state index contributed by atoms with van der Waals surface area (Å²) in [5, 5.41) is 0. The smallest absolute Gasteiger partial charge is 0.0934 e. The number of hydrogen-bond acceptors (Lipinski definition) is 3. The highest BCUT2D eigenvalue weighted by Gasteiger charge is 2.08. The third-order valence-electron chi connectivity index (χ3n) is 2.20. The van der Waals surface area contributed by atoms with E-state index in [1.54, 1.807) is 0 Å². The average molecular weight is 185 g/mol. The molecule has 13 heavy (non-hydrogen) atoms. The van der Waals surface area contributed by atoms with Gasteiger partial charge in [0, 0.05) is 26.1 Å². The molecule has 0 amide bonds. The Hall–Kier alpha value is -0.610. The Labute approximate surface area is 79.8 Å². The van der Waals surface area contributed by atoms with Crippen molar-refractivity contribution in [3.05, 3.63) is 0 Å². The predicted octanol–water partition coefficient (Wildman–Crippen LogP) is 0.0858. The minimum atomic E-state index is 0.758. The minimum Gasteiger partial charge on any atom is -0.387 e. The number of rotatable bonds is 4. The molecule has 4 nitrogen and oxygen atoms in total. The van der Waals surface area contributed by atoms with Crippen molar-refractivity contribution >= 4 is 5.84 Å². The van der Waals surface area contributed by atoms with E-state index in [1.807, 2.05) is 6.92 Å². The van der Waals surface area contributed by atoms with Gasteiger partial charge in [0.15, 0.2) is 0 Å². The number of morpholine rings is 1. The van der Waals surface area contributed by atoms with E-state index >= 15 is 0 Å². The molecule has 0 aromatic carbocycles. The molecule has 0 aliphatic carbocycles. The Balaban J connectivity index is 2.10. The monoisotopic (exact) mass is 185 g/mol. The van der Waals surface area contributed by atoms with Crippen LogP contribution < -0.4 is 5.73 Å². The van der Waals surface area contributed by atoms with E-state index in [-0.39, 0.29) is 0 Å². The molecule has 4 heteroatoms. The van der Waals surface area contributed by atoms with Crippen LogP contribution in [-0.4, -0.2) is 50.1 Å². The summed E-state index contributed by atoms with van der Waals surface area (Å²) in [7, 11) is 0. The van der Waals surface area contributed by atoms with Crippen molar-refractivity contribution in [3.63, 3.8) is 0 Å². The van der Waals surface area contributed by atoms with E-state index in [0.29, 0.717) is 0 Å². The fourth-order valence-electron chi connectivity index (χ4n) is 1.27. The largest absolute Gasteiger partial charge is 0.387 e. The van der Waals surface area contributed by atoms with Crippen molar-refractivity contribution in [2.75, 3.05) is 39.4 Å². The maximum Gasteiger partial charge on any atom is 0.0934 e. The van der Waals surface area contributed by atoms with Crippen LogP contribution in [-0.2, 0) is 4.74 Å². The van der Waals surface area contributed by atoms with Crippen LogP contribution in [0.2, 0.25) is 0 Å². The Bertz CT molecular complexity index is 164. The molecule has 1 saturated heterocycles. The molecule has 0 atom stereocenters. The van der Waals surface area contributed by atoms with Gasteiger partial charge in [0.1, 0.15) is 0 Å². The van der Waals surface area contributed by atoms with E-state index in [2.05, 4.69) is 9.89 Å². The highest BCUT2D eigenvalue weighted by Crippen LogP contribution is 1.95. The molecule has 0 radical (unpaired) electrons. The Morgan fingerprint density at radius 3 is 2.77 bits per heavy atom. The molecule has 0 bridgehead atoms. The van der Waals surface area contributed by atoms with Gasteiger partial charge in [-0.1, -0.05) is 6.92 Å². The number of ether oxygens (including phenoxy) is 1. The molecule has 0 spiro atoms. The van der Waals surface area contributed by atoms with E-state index in [9.17, 15) is 0 Å². The van der Waals surface area contributed by atoms with E-state index in [4.69, 9.17) is 10.5 Å². The van der Waals surface area contributed by atoms with Crippen LogP contribution in [0.1, 0.15) is 13.3 Å². The fraction of sp³-hybridized carbons (Fsp3) is 0.889. The first-order valence-electron chi connectivity index (χ1n) is 4.92. The van der Waals surface area contributed by atoms with Crippen molar-refractivity contribution in [3.8, 4) is 0 Å². The van der Waals surface area contributed by atoms with Crippen LogP contribution in [0, 0.1) is 0 Å². The SMILES string of the molecule is CCC(N)=NCCN1CCOCC1. The van der Waals surface area contributed by atoms with Gasteiger partial charge in [0.05, 0.1) is 25.6 Å². The van der Waals surface area contributed by atoms with Crippen molar-refractivity contribution in [1.82, 2.24) is 4.90 Å². The van der Waals surface area contributed by atoms with Gasteiger partial charge in [-0.15, -0.1) is 0 Å². The van der Waals surface area contributed by atoms with Crippen LogP contribution in [0.3, 0.4) is 0 Å². The molecule has 2 N–H and O–H groups in total. The Morgan fingerprint density at radius 2 is 2.15 bits per heavy atom. The van der Waals surface area contributed by atoms with Gasteiger partial charge in [-0.05, 0) is 0 Å². The molecule has 0 unspecified atom stereocenters. The van der Waals surface area contributed by atoms with Crippen molar-refractivity contribution in [2.24, 2.45) is 10.7 Å². The molecule has 1 rings (SSSR count). The van der Waals surface area contributed by atoms with Crippen molar-refractivity contribution in [2.45, 2.75) is 13.3 Å². The summed E-state index contributed by atoms with van der Waals surface area (Å²) >= 11 is 0. The fourth-order valence-corrected chi connectivity index (χ4v) is 1.27. The van der Waals surface area contributed by atoms with Gasteiger partial charge < -0.3 is 10.5 Å². The standard InChI is InChI=1S/C9H19N3O/c1-2-9(10)11-3-4-12-5-7-13-8-6-12/h2-8H2,1H3,(H2,10,11). The molecular weight excluding hydrogens is 166 g/mol. The van der Waals surface area contributed by atoms with E-state index < -0.39 is 0 Å². The third-order valence-corrected chi connectivity index (χ3v) is 2.20. The van der Waals surface area contributed by atoms with Gasteiger partial charge in [-0.3, -0.25) is 9.89 Å². The third kappa shape index (κ3) is 4.24. The van der Waals surface area contributed by atoms with Gasteiger partial charge in [-0.2, -0.15) is 0 Å². The molecule has 76 valence electrons. The molecular formula is C9H19N3O. The summed E-state index contributed by atoms with van der Waals surface area (Å²) in [5.74, 6) is 0.758. The second-order valence-electron chi connectivity index (χ2n) is 3.18. The van der Waals surface area contributed by atoms with Crippen LogP contribution in [0.15, 0.2) is 4.99 Å². The lowest BCUT2D eigenvalue weighted by molar-refractivity contribution is 0.0394. The minimum absolute atomic E-state index is 0.758. The Kier molecular flexibility index (Phi) is 4.78. The van der Waals surface area contributed by atoms with Crippen molar-refractivity contribution < 1.29 is 4.74 Å². The van der Waals surface area contributed by atoms with E-state index in [0.717, 1.165) is 51.6 Å². The first-order chi connectivity index (χ1) is 6.33. The lowest BCUT2D eigenvalue weighted by Gasteiger charge is -2.25. The molecule has 1 aliphatic rings. The molecule has 0 aromatic heterocycles. The van der Waals surface area contributed by atoms with Crippen LogP contribution in [0.25, 0.3) is 0 Å².